The lowest BCUT2D eigenvalue weighted by atomic mass is 10.0. The van der Waals surface area contributed by atoms with E-state index >= 15 is 0 Å². The van der Waals surface area contributed by atoms with Crippen LogP contribution in [0.1, 0.15) is 16.8 Å². The molecule has 0 unspecified atom stereocenters. The van der Waals surface area contributed by atoms with Crippen LogP contribution in [-0.2, 0) is 19.4 Å². The van der Waals surface area contributed by atoms with E-state index in [0.29, 0.717) is 6.01 Å². The Morgan fingerprint density at radius 2 is 1.84 bits per heavy atom. The van der Waals surface area contributed by atoms with Crippen molar-refractivity contribution in [3.05, 3.63) is 59.5 Å². The van der Waals surface area contributed by atoms with E-state index in [1.54, 1.807) is 7.11 Å². The summed E-state index contributed by atoms with van der Waals surface area (Å²) in [4.78, 5) is 10.8. The summed E-state index contributed by atoms with van der Waals surface area (Å²) < 4.78 is 5.02. The third kappa shape index (κ3) is 3.39. The van der Waals surface area contributed by atoms with Crippen LogP contribution in [0.5, 0.6) is 6.01 Å². The van der Waals surface area contributed by atoms with E-state index in [2.05, 4.69) is 49.3 Å². The van der Waals surface area contributed by atoms with Gasteiger partial charge in [0.2, 0.25) is 0 Å². The van der Waals surface area contributed by atoms with Gasteiger partial charge in [0.25, 0.3) is 0 Å². The molecule has 0 saturated heterocycles. The Hall–Kier alpha value is -2.73. The molecule has 0 saturated carbocycles. The molecule has 0 atom stereocenters. The van der Waals surface area contributed by atoms with Crippen LogP contribution in [0.15, 0.2) is 42.7 Å². The molecule has 0 amide bonds. The second kappa shape index (κ2) is 7.03. The summed E-state index contributed by atoms with van der Waals surface area (Å²) in [5.74, 6) is 0. The average molecular weight is 335 g/mol. The molecule has 3 aromatic rings. The fourth-order valence-electron chi connectivity index (χ4n) is 3.31. The van der Waals surface area contributed by atoms with Gasteiger partial charge in [-0.2, -0.15) is 5.10 Å². The number of fused-ring (bicyclic) bond motifs is 1. The fraction of sp³-hybridized carbons (Fsp3) is 0.316. The zero-order valence-electron chi connectivity index (χ0n) is 14.3. The lowest BCUT2D eigenvalue weighted by Gasteiger charge is -2.19. The SMILES string of the molecule is COc1ncc(CN2CCc3[nH]nc(-c4ccccc4)c3CC2)cn1. The lowest BCUT2D eigenvalue weighted by molar-refractivity contribution is 0.277. The van der Waals surface area contributed by atoms with E-state index in [9.17, 15) is 0 Å². The Balaban J connectivity index is 1.47. The normalized spacial score (nSPS) is 14.8. The molecule has 0 fully saturated rings. The van der Waals surface area contributed by atoms with Crippen LogP contribution in [0, 0.1) is 0 Å². The van der Waals surface area contributed by atoms with E-state index in [0.717, 1.165) is 43.7 Å². The Labute approximate surface area is 146 Å². The summed E-state index contributed by atoms with van der Waals surface area (Å²) in [6.07, 6.45) is 5.65. The van der Waals surface area contributed by atoms with Crippen molar-refractivity contribution in [3.8, 4) is 17.3 Å². The molecule has 1 aliphatic rings. The number of methoxy groups -OCH3 is 1. The topological polar surface area (TPSA) is 66.9 Å². The lowest BCUT2D eigenvalue weighted by Crippen LogP contribution is -2.26. The minimum Gasteiger partial charge on any atom is -0.467 e. The van der Waals surface area contributed by atoms with Crippen molar-refractivity contribution < 1.29 is 4.74 Å². The number of ether oxygens (including phenoxy) is 1. The van der Waals surface area contributed by atoms with Crippen LogP contribution >= 0.6 is 0 Å². The molecule has 0 bridgehead atoms. The highest BCUT2D eigenvalue weighted by Gasteiger charge is 2.20. The number of hydrogen-bond donors (Lipinski definition) is 1. The predicted octanol–water partition coefficient (Wildman–Crippen LogP) is 2.48. The molecule has 2 aromatic heterocycles. The molecule has 6 nitrogen and oxygen atoms in total. The third-order valence-corrected chi connectivity index (χ3v) is 4.63. The number of nitrogens with zero attached hydrogens (tertiary/aromatic N) is 4. The largest absolute Gasteiger partial charge is 0.467 e. The number of H-pyrrole nitrogens is 1. The molecular weight excluding hydrogens is 314 g/mol. The van der Waals surface area contributed by atoms with E-state index in [1.165, 1.54) is 16.8 Å². The van der Waals surface area contributed by atoms with Gasteiger partial charge in [0, 0.05) is 60.8 Å². The summed E-state index contributed by atoms with van der Waals surface area (Å²) in [5, 5.41) is 7.81. The van der Waals surface area contributed by atoms with Crippen molar-refractivity contribution in [2.24, 2.45) is 0 Å². The molecule has 1 aliphatic heterocycles. The minimum atomic E-state index is 0.410. The maximum atomic E-state index is 5.02. The van der Waals surface area contributed by atoms with Gasteiger partial charge in [-0.15, -0.1) is 0 Å². The van der Waals surface area contributed by atoms with Gasteiger partial charge in [-0.25, -0.2) is 9.97 Å². The van der Waals surface area contributed by atoms with Gasteiger partial charge >= 0.3 is 6.01 Å². The van der Waals surface area contributed by atoms with Crippen LogP contribution in [0.25, 0.3) is 11.3 Å². The van der Waals surface area contributed by atoms with Crippen LogP contribution in [0.3, 0.4) is 0 Å². The predicted molar refractivity (Wildman–Crippen MR) is 95.3 cm³/mol. The molecule has 0 radical (unpaired) electrons. The Bertz CT molecular complexity index is 829. The first kappa shape index (κ1) is 15.8. The maximum absolute atomic E-state index is 5.02. The first-order valence-electron chi connectivity index (χ1n) is 8.52. The highest BCUT2D eigenvalue weighted by molar-refractivity contribution is 5.64. The van der Waals surface area contributed by atoms with E-state index in [1.807, 2.05) is 18.5 Å². The van der Waals surface area contributed by atoms with E-state index < -0.39 is 0 Å². The molecule has 6 heteroatoms. The second-order valence-corrected chi connectivity index (χ2v) is 6.25. The van der Waals surface area contributed by atoms with E-state index in [-0.39, 0.29) is 0 Å². The van der Waals surface area contributed by atoms with Gasteiger partial charge in [0.1, 0.15) is 0 Å². The third-order valence-electron chi connectivity index (χ3n) is 4.63. The van der Waals surface area contributed by atoms with Crippen molar-refractivity contribution >= 4 is 0 Å². The molecule has 3 heterocycles. The molecule has 128 valence electrons. The second-order valence-electron chi connectivity index (χ2n) is 6.25. The van der Waals surface area contributed by atoms with Gasteiger partial charge in [-0.3, -0.25) is 10.00 Å². The van der Waals surface area contributed by atoms with Crippen LogP contribution < -0.4 is 4.74 Å². The zero-order valence-corrected chi connectivity index (χ0v) is 14.3. The monoisotopic (exact) mass is 335 g/mol. The minimum absolute atomic E-state index is 0.410. The van der Waals surface area contributed by atoms with Crippen molar-refractivity contribution in [2.75, 3.05) is 20.2 Å². The molecule has 0 spiro atoms. The van der Waals surface area contributed by atoms with Crippen molar-refractivity contribution in [1.82, 2.24) is 25.1 Å². The summed E-state index contributed by atoms with van der Waals surface area (Å²) in [6.45, 7) is 2.84. The quantitative estimate of drug-likeness (QED) is 0.793. The highest BCUT2D eigenvalue weighted by atomic mass is 16.5. The van der Waals surface area contributed by atoms with Crippen LogP contribution in [0.2, 0.25) is 0 Å². The number of benzene rings is 1. The van der Waals surface area contributed by atoms with Gasteiger partial charge in [0.05, 0.1) is 12.8 Å². The molecule has 1 N–H and O–H groups in total. The Kier molecular flexibility index (Phi) is 4.43. The molecule has 4 rings (SSSR count). The average Bonchev–Trinajstić information content (AvgIpc) is 2.98. The number of aromatic amines is 1. The molecular formula is C19H21N5O. The summed E-state index contributed by atoms with van der Waals surface area (Å²) in [6, 6.07) is 10.8. The summed E-state index contributed by atoms with van der Waals surface area (Å²) >= 11 is 0. The smallest absolute Gasteiger partial charge is 0.316 e. The molecule has 25 heavy (non-hydrogen) atoms. The number of nitrogens with one attached hydrogen (secondary N) is 1. The van der Waals surface area contributed by atoms with Crippen molar-refractivity contribution in [1.29, 1.82) is 0 Å². The summed E-state index contributed by atoms with van der Waals surface area (Å²) in [7, 11) is 1.58. The van der Waals surface area contributed by atoms with Gasteiger partial charge in [-0.1, -0.05) is 30.3 Å². The Morgan fingerprint density at radius 3 is 2.60 bits per heavy atom. The first-order chi connectivity index (χ1) is 12.3. The van der Waals surface area contributed by atoms with Crippen molar-refractivity contribution in [2.45, 2.75) is 19.4 Å². The highest BCUT2D eigenvalue weighted by Crippen LogP contribution is 2.26. The van der Waals surface area contributed by atoms with E-state index in [4.69, 9.17) is 4.74 Å². The first-order valence-corrected chi connectivity index (χ1v) is 8.52. The zero-order chi connectivity index (χ0) is 17.1. The molecule has 0 aliphatic carbocycles. The van der Waals surface area contributed by atoms with Crippen molar-refractivity contribution in [3.63, 3.8) is 0 Å². The van der Waals surface area contributed by atoms with Gasteiger partial charge in [0.15, 0.2) is 0 Å². The Morgan fingerprint density at radius 1 is 1.08 bits per heavy atom. The maximum Gasteiger partial charge on any atom is 0.316 e. The van der Waals surface area contributed by atoms with Crippen LogP contribution in [-0.4, -0.2) is 45.3 Å². The van der Waals surface area contributed by atoms with Gasteiger partial charge < -0.3 is 4.74 Å². The number of hydrogen-bond acceptors (Lipinski definition) is 5. The van der Waals surface area contributed by atoms with Gasteiger partial charge in [-0.05, 0) is 6.42 Å². The van der Waals surface area contributed by atoms with Crippen LogP contribution in [0.4, 0.5) is 0 Å². The molecule has 1 aromatic carbocycles. The number of aromatic nitrogens is 4. The fourth-order valence-corrected chi connectivity index (χ4v) is 3.31. The summed E-state index contributed by atoms with van der Waals surface area (Å²) in [5.41, 5.74) is 5.97. The standard InChI is InChI=1S/C19H21N5O/c1-25-19-20-11-14(12-21-19)13-24-9-7-16-17(8-10-24)22-23-18(16)15-5-3-2-4-6-15/h2-6,11-12H,7-10,13H2,1H3,(H,22,23). The number of rotatable bonds is 4.